The number of esters is 1. The van der Waals surface area contributed by atoms with Crippen LogP contribution in [0.15, 0.2) is 24.3 Å². The number of carbonyl (C=O) groups is 4. The third-order valence-electron chi connectivity index (χ3n) is 7.06. The van der Waals surface area contributed by atoms with Gasteiger partial charge in [-0.15, -0.1) is 0 Å². The number of benzene rings is 1. The van der Waals surface area contributed by atoms with E-state index in [1.165, 1.54) is 7.11 Å². The van der Waals surface area contributed by atoms with Gasteiger partial charge in [-0.05, 0) is 54.9 Å². The number of ketones is 1. The van der Waals surface area contributed by atoms with E-state index < -0.39 is 30.5 Å². The number of alkyl halides is 2. The predicted molar refractivity (Wildman–Crippen MR) is 127 cm³/mol. The second-order valence-corrected chi connectivity index (χ2v) is 11.6. The number of fused-ring (bicyclic) bond motifs is 5. The average molecular weight is 585 g/mol. The van der Waals surface area contributed by atoms with Crippen molar-refractivity contribution in [2.45, 2.75) is 42.4 Å². The van der Waals surface area contributed by atoms with Crippen molar-refractivity contribution >= 4 is 55.4 Å². The van der Waals surface area contributed by atoms with Gasteiger partial charge in [-0.2, -0.15) is 0 Å². The summed E-state index contributed by atoms with van der Waals surface area (Å²) in [6.45, 7) is 3.38. The Hall–Kier alpha value is -1.74. The number of likely N-dealkylation sites (tertiary alicyclic amines) is 1. The standard InChI is InChI=1S/C24H27Br2NO6/c1-11(2)8-16(24(31)33-10-17(28)12-4-6-13(32-3)7-5-12)27-22(29)18-14-9-15(19(18)23(27)30)21(26)20(14)25/h4-7,11,14-16,18-21H,8-10H2,1-3H3/t14-,15-,16+,18-,19-,20+,21+/m1/s1. The number of amides is 2. The van der Waals surface area contributed by atoms with Crippen LogP contribution in [0.25, 0.3) is 0 Å². The first-order valence-electron chi connectivity index (χ1n) is 11.1. The van der Waals surface area contributed by atoms with Crippen LogP contribution in [0.5, 0.6) is 5.75 Å². The summed E-state index contributed by atoms with van der Waals surface area (Å²) < 4.78 is 10.4. The maximum Gasteiger partial charge on any atom is 0.329 e. The highest BCUT2D eigenvalue weighted by Gasteiger charge is 2.67. The lowest BCUT2D eigenvalue weighted by Gasteiger charge is -2.28. The van der Waals surface area contributed by atoms with Crippen LogP contribution in [-0.2, 0) is 19.1 Å². The van der Waals surface area contributed by atoms with Crippen molar-refractivity contribution in [2.24, 2.45) is 29.6 Å². The molecular formula is C24H27Br2NO6. The molecule has 7 atom stereocenters. The van der Waals surface area contributed by atoms with E-state index in [0.717, 1.165) is 11.3 Å². The third kappa shape index (κ3) is 4.27. The summed E-state index contributed by atoms with van der Waals surface area (Å²) in [4.78, 5) is 53.7. The number of ether oxygens (including phenoxy) is 2. The Balaban J connectivity index is 1.48. The van der Waals surface area contributed by atoms with E-state index in [0.29, 0.717) is 11.3 Å². The van der Waals surface area contributed by atoms with Crippen LogP contribution in [0.3, 0.4) is 0 Å². The van der Waals surface area contributed by atoms with Crippen LogP contribution in [0.1, 0.15) is 37.0 Å². The average Bonchev–Trinajstić information content (AvgIpc) is 3.40. The largest absolute Gasteiger partial charge is 0.497 e. The molecule has 0 N–H and O–H groups in total. The zero-order chi connectivity index (χ0) is 24.0. The van der Waals surface area contributed by atoms with Crippen LogP contribution in [0.4, 0.5) is 0 Å². The molecule has 1 aliphatic heterocycles. The summed E-state index contributed by atoms with van der Waals surface area (Å²) >= 11 is 7.35. The highest BCUT2D eigenvalue weighted by molar-refractivity contribution is 9.12. The molecule has 178 valence electrons. The third-order valence-corrected chi connectivity index (χ3v) is 10.3. The molecule has 2 amide bonds. The maximum absolute atomic E-state index is 13.4. The van der Waals surface area contributed by atoms with E-state index in [1.54, 1.807) is 24.3 Å². The van der Waals surface area contributed by atoms with Crippen molar-refractivity contribution in [1.29, 1.82) is 0 Å². The highest BCUT2D eigenvalue weighted by Crippen LogP contribution is 2.60. The molecule has 4 rings (SSSR count). The first kappa shape index (κ1) is 24.4. The van der Waals surface area contributed by atoms with Gasteiger partial charge >= 0.3 is 5.97 Å². The minimum absolute atomic E-state index is 0.0467. The van der Waals surface area contributed by atoms with Gasteiger partial charge in [0.25, 0.3) is 0 Å². The second-order valence-electron chi connectivity index (χ2n) is 9.46. The molecule has 2 aliphatic carbocycles. The van der Waals surface area contributed by atoms with Gasteiger partial charge in [-0.1, -0.05) is 45.7 Å². The smallest absolute Gasteiger partial charge is 0.329 e. The molecule has 1 aromatic carbocycles. The number of Topliss-reactive ketones (excluding diaryl/α,β-unsaturated/α-hetero) is 1. The number of methoxy groups -OCH3 is 1. The quantitative estimate of drug-likeness (QED) is 0.201. The van der Waals surface area contributed by atoms with Gasteiger partial charge in [0.15, 0.2) is 12.4 Å². The monoisotopic (exact) mass is 583 g/mol. The number of carbonyl (C=O) groups excluding carboxylic acids is 4. The molecule has 1 saturated heterocycles. The Morgan fingerprint density at radius 3 is 2.06 bits per heavy atom. The van der Waals surface area contributed by atoms with Gasteiger partial charge in [0.2, 0.25) is 11.8 Å². The van der Waals surface area contributed by atoms with E-state index in [-0.39, 0.29) is 51.4 Å². The van der Waals surface area contributed by atoms with Gasteiger partial charge in [-0.25, -0.2) is 4.79 Å². The molecule has 0 radical (unpaired) electrons. The van der Waals surface area contributed by atoms with Crippen LogP contribution in [0, 0.1) is 29.6 Å². The summed E-state index contributed by atoms with van der Waals surface area (Å²) in [5.41, 5.74) is 0.384. The summed E-state index contributed by atoms with van der Waals surface area (Å²) in [5.74, 6) is -1.66. The topological polar surface area (TPSA) is 90.0 Å². The Bertz CT molecular complexity index is 932. The highest BCUT2D eigenvalue weighted by atomic mass is 79.9. The van der Waals surface area contributed by atoms with Crippen LogP contribution < -0.4 is 4.74 Å². The van der Waals surface area contributed by atoms with Crippen molar-refractivity contribution < 1.29 is 28.7 Å². The number of rotatable bonds is 8. The first-order valence-corrected chi connectivity index (χ1v) is 13.0. The summed E-state index contributed by atoms with van der Waals surface area (Å²) in [5, 5.41) is 0. The van der Waals surface area contributed by atoms with E-state index >= 15 is 0 Å². The fourth-order valence-electron chi connectivity index (χ4n) is 5.53. The Labute approximate surface area is 209 Å². The second kappa shape index (κ2) is 9.49. The SMILES string of the molecule is COc1ccc(C(=O)COC(=O)[C@H](CC(C)C)N2C(=O)[C@@H]3[C@H]4C[C@@H]([C@H](Br)[C@H]4Br)[C@H]3C2=O)cc1. The molecule has 1 aromatic rings. The Morgan fingerprint density at radius 2 is 1.58 bits per heavy atom. The van der Waals surface area contributed by atoms with Crippen LogP contribution in [0.2, 0.25) is 0 Å². The van der Waals surface area contributed by atoms with Crippen molar-refractivity contribution in [3.05, 3.63) is 29.8 Å². The molecule has 0 aromatic heterocycles. The van der Waals surface area contributed by atoms with Crippen molar-refractivity contribution in [3.8, 4) is 5.75 Å². The number of imide groups is 1. The number of nitrogens with zero attached hydrogens (tertiary/aromatic N) is 1. The number of hydrogen-bond acceptors (Lipinski definition) is 6. The van der Waals surface area contributed by atoms with Crippen molar-refractivity contribution in [3.63, 3.8) is 0 Å². The lowest BCUT2D eigenvalue weighted by molar-refractivity contribution is -0.159. The lowest BCUT2D eigenvalue weighted by atomic mass is 9.81. The number of hydrogen-bond donors (Lipinski definition) is 0. The van der Waals surface area contributed by atoms with Crippen LogP contribution >= 0.6 is 31.9 Å². The minimum Gasteiger partial charge on any atom is -0.497 e. The lowest BCUT2D eigenvalue weighted by Crippen LogP contribution is -2.48. The first-order chi connectivity index (χ1) is 15.6. The van der Waals surface area contributed by atoms with Gasteiger partial charge in [0.05, 0.1) is 18.9 Å². The molecule has 9 heteroatoms. The summed E-state index contributed by atoms with van der Waals surface area (Å²) in [6, 6.07) is 5.47. The molecule has 3 fully saturated rings. The van der Waals surface area contributed by atoms with Gasteiger partial charge in [0, 0.05) is 15.2 Å². The van der Waals surface area contributed by atoms with Gasteiger partial charge in [0.1, 0.15) is 11.8 Å². The molecule has 33 heavy (non-hydrogen) atoms. The molecule has 0 unspecified atom stereocenters. The fraction of sp³-hybridized carbons (Fsp3) is 0.583. The minimum atomic E-state index is -1.03. The van der Waals surface area contributed by atoms with E-state index in [1.807, 2.05) is 13.8 Å². The van der Waals surface area contributed by atoms with Crippen LogP contribution in [-0.4, -0.2) is 57.9 Å². The normalized spacial score (nSPS) is 31.2. The molecule has 7 nitrogen and oxygen atoms in total. The number of halogens is 2. The van der Waals surface area contributed by atoms with Gasteiger partial charge < -0.3 is 9.47 Å². The maximum atomic E-state index is 13.4. The molecule has 0 spiro atoms. The van der Waals surface area contributed by atoms with Crippen molar-refractivity contribution in [2.75, 3.05) is 13.7 Å². The summed E-state index contributed by atoms with van der Waals surface area (Å²) in [7, 11) is 1.53. The molecule has 1 heterocycles. The van der Waals surface area contributed by atoms with Gasteiger partial charge in [-0.3, -0.25) is 19.3 Å². The predicted octanol–water partition coefficient (Wildman–Crippen LogP) is 3.61. The molecule has 2 saturated carbocycles. The summed E-state index contributed by atoms with van der Waals surface area (Å²) in [6.07, 6.45) is 1.11. The molecule has 2 bridgehead atoms. The zero-order valence-corrected chi connectivity index (χ0v) is 21.9. The Kier molecular flexibility index (Phi) is 7.01. The molecular weight excluding hydrogens is 558 g/mol. The zero-order valence-electron chi connectivity index (χ0n) is 18.7. The fourth-order valence-corrected chi connectivity index (χ4v) is 7.40. The van der Waals surface area contributed by atoms with E-state index in [2.05, 4.69) is 31.9 Å². The molecule has 3 aliphatic rings. The van der Waals surface area contributed by atoms with Crippen molar-refractivity contribution in [1.82, 2.24) is 4.90 Å². The van der Waals surface area contributed by atoms with E-state index in [4.69, 9.17) is 9.47 Å². The Morgan fingerprint density at radius 1 is 1.03 bits per heavy atom. The van der Waals surface area contributed by atoms with E-state index in [9.17, 15) is 19.2 Å².